The first-order valence-corrected chi connectivity index (χ1v) is 8.67. The molecule has 2 aromatic rings. The molecule has 0 amide bonds. The lowest BCUT2D eigenvalue weighted by molar-refractivity contribution is 0.429. The largest absolute Gasteiger partial charge is 0.328 e. The van der Waals surface area contributed by atoms with Gasteiger partial charge in [-0.1, -0.05) is 36.4 Å². The molecule has 1 aliphatic rings. The normalized spacial score (nSPS) is 20.7. The molecule has 2 aromatic carbocycles. The second-order valence-electron chi connectivity index (χ2n) is 5.75. The van der Waals surface area contributed by atoms with Crippen LogP contribution in [0, 0.1) is 5.92 Å². The topological polar surface area (TPSA) is 63.4 Å². The Morgan fingerprint density at radius 2 is 1.86 bits per heavy atom. The monoisotopic (exact) mass is 340 g/mol. The highest BCUT2D eigenvalue weighted by Gasteiger charge is 2.34. The van der Waals surface area contributed by atoms with Gasteiger partial charge in [0.1, 0.15) is 0 Å². The van der Waals surface area contributed by atoms with Crippen LogP contribution in [-0.4, -0.2) is 31.9 Å². The number of sulfonamides is 1. The molecular formula is C16H21ClN2O2S. The Bertz CT molecular complexity index is 756. The van der Waals surface area contributed by atoms with Crippen molar-refractivity contribution in [3.05, 3.63) is 42.5 Å². The Morgan fingerprint density at radius 3 is 2.55 bits per heavy atom. The SMILES string of the molecule is CC(N)C1CCN(S(=O)(=O)c2cccc3ccccc23)C1.Cl. The number of fused-ring (bicyclic) bond motifs is 1. The second-order valence-corrected chi connectivity index (χ2v) is 7.65. The van der Waals surface area contributed by atoms with Crippen LogP contribution in [0.5, 0.6) is 0 Å². The molecule has 1 saturated heterocycles. The third-order valence-electron chi connectivity index (χ3n) is 4.30. The minimum Gasteiger partial charge on any atom is -0.328 e. The van der Waals surface area contributed by atoms with Crippen LogP contribution < -0.4 is 5.73 Å². The van der Waals surface area contributed by atoms with Crippen molar-refractivity contribution >= 4 is 33.2 Å². The highest BCUT2D eigenvalue weighted by atomic mass is 35.5. The average Bonchev–Trinajstić information content (AvgIpc) is 2.97. The molecule has 120 valence electrons. The lowest BCUT2D eigenvalue weighted by Crippen LogP contribution is -2.33. The van der Waals surface area contributed by atoms with E-state index in [9.17, 15) is 8.42 Å². The lowest BCUT2D eigenvalue weighted by atomic mass is 10.0. The van der Waals surface area contributed by atoms with Gasteiger partial charge >= 0.3 is 0 Å². The molecule has 1 aliphatic heterocycles. The van der Waals surface area contributed by atoms with Crippen molar-refractivity contribution in [2.75, 3.05) is 13.1 Å². The second kappa shape index (κ2) is 6.54. The van der Waals surface area contributed by atoms with Crippen LogP contribution in [0.1, 0.15) is 13.3 Å². The highest BCUT2D eigenvalue weighted by molar-refractivity contribution is 7.89. The molecule has 3 rings (SSSR count). The third-order valence-corrected chi connectivity index (χ3v) is 6.22. The van der Waals surface area contributed by atoms with Gasteiger partial charge in [0, 0.05) is 24.5 Å². The van der Waals surface area contributed by atoms with Crippen LogP contribution in [0.3, 0.4) is 0 Å². The van der Waals surface area contributed by atoms with Crippen LogP contribution in [-0.2, 0) is 10.0 Å². The van der Waals surface area contributed by atoms with E-state index in [1.54, 1.807) is 16.4 Å². The first kappa shape index (κ1) is 17.2. The van der Waals surface area contributed by atoms with Gasteiger partial charge in [0.25, 0.3) is 0 Å². The Labute approximate surface area is 137 Å². The van der Waals surface area contributed by atoms with Gasteiger partial charge in [0.05, 0.1) is 4.90 Å². The van der Waals surface area contributed by atoms with Crippen molar-refractivity contribution < 1.29 is 8.42 Å². The first-order chi connectivity index (χ1) is 10.00. The number of nitrogens with two attached hydrogens (primary N) is 1. The summed E-state index contributed by atoms with van der Waals surface area (Å²) in [5, 5.41) is 1.73. The zero-order chi connectivity index (χ0) is 15.0. The van der Waals surface area contributed by atoms with E-state index in [1.165, 1.54) is 0 Å². The molecule has 1 fully saturated rings. The molecule has 0 bridgehead atoms. The highest BCUT2D eigenvalue weighted by Crippen LogP contribution is 2.29. The summed E-state index contributed by atoms with van der Waals surface area (Å²) >= 11 is 0. The van der Waals surface area contributed by atoms with Crippen LogP contribution in [0.4, 0.5) is 0 Å². The van der Waals surface area contributed by atoms with Gasteiger partial charge in [0.15, 0.2) is 0 Å². The van der Waals surface area contributed by atoms with Gasteiger partial charge < -0.3 is 5.73 Å². The fourth-order valence-electron chi connectivity index (χ4n) is 2.96. The van der Waals surface area contributed by atoms with Crippen molar-refractivity contribution in [2.24, 2.45) is 11.7 Å². The Kier molecular flexibility index (Phi) is 5.12. The number of nitrogens with zero attached hydrogens (tertiary/aromatic N) is 1. The zero-order valence-electron chi connectivity index (χ0n) is 12.5. The summed E-state index contributed by atoms with van der Waals surface area (Å²) in [6, 6.07) is 13.0. The lowest BCUT2D eigenvalue weighted by Gasteiger charge is -2.19. The molecule has 1 heterocycles. The molecule has 0 aromatic heterocycles. The van der Waals surface area contributed by atoms with Gasteiger partial charge in [0.2, 0.25) is 10.0 Å². The van der Waals surface area contributed by atoms with E-state index < -0.39 is 10.0 Å². The smallest absolute Gasteiger partial charge is 0.243 e. The predicted octanol–water partition coefficient (Wildman–Crippen LogP) is 2.62. The van der Waals surface area contributed by atoms with E-state index >= 15 is 0 Å². The van der Waals surface area contributed by atoms with Gasteiger partial charge in [-0.2, -0.15) is 4.31 Å². The van der Waals surface area contributed by atoms with E-state index in [4.69, 9.17) is 5.73 Å². The zero-order valence-corrected chi connectivity index (χ0v) is 14.1. The quantitative estimate of drug-likeness (QED) is 0.934. The van der Waals surface area contributed by atoms with Crippen molar-refractivity contribution in [3.63, 3.8) is 0 Å². The molecular weight excluding hydrogens is 320 g/mol. The maximum Gasteiger partial charge on any atom is 0.243 e. The van der Waals surface area contributed by atoms with Crippen molar-refractivity contribution in [1.82, 2.24) is 4.31 Å². The minimum absolute atomic E-state index is 0. The van der Waals surface area contributed by atoms with Crippen LogP contribution in [0.2, 0.25) is 0 Å². The molecule has 0 saturated carbocycles. The standard InChI is InChI=1S/C16H20N2O2S.ClH/c1-12(17)14-9-10-18(11-14)21(19,20)16-8-4-6-13-5-2-3-7-15(13)16;/h2-8,12,14H,9-11,17H2,1H3;1H. The van der Waals surface area contributed by atoms with Crippen LogP contribution in [0.15, 0.2) is 47.4 Å². The molecule has 4 nitrogen and oxygen atoms in total. The molecule has 2 unspecified atom stereocenters. The van der Waals surface area contributed by atoms with Crippen LogP contribution in [0.25, 0.3) is 10.8 Å². The van der Waals surface area contributed by atoms with Gasteiger partial charge in [-0.05, 0) is 30.7 Å². The van der Waals surface area contributed by atoms with E-state index in [0.717, 1.165) is 17.2 Å². The summed E-state index contributed by atoms with van der Waals surface area (Å²) in [5.41, 5.74) is 5.91. The first-order valence-electron chi connectivity index (χ1n) is 7.23. The molecule has 22 heavy (non-hydrogen) atoms. The minimum atomic E-state index is -3.45. The fraction of sp³-hybridized carbons (Fsp3) is 0.375. The summed E-state index contributed by atoms with van der Waals surface area (Å²) < 4.78 is 27.4. The predicted molar refractivity (Wildman–Crippen MR) is 91.7 cm³/mol. The Balaban J connectivity index is 0.00000176. The number of rotatable bonds is 3. The number of halogens is 1. The van der Waals surface area contributed by atoms with Gasteiger partial charge in [-0.3, -0.25) is 0 Å². The van der Waals surface area contributed by atoms with Crippen molar-refractivity contribution in [1.29, 1.82) is 0 Å². The number of benzene rings is 2. The summed E-state index contributed by atoms with van der Waals surface area (Å²) in [4.78, 5) is 0.394. The average molecular weight is 341 g/mol. The van der Waals surface area contributed by atoms with Crippen molar-refractivity contribution in [2.45, 2.75) is 24.3 Å². The third kappa shape index (κ3) is 2.99. The molecule has 2 N–H and O–H groups in total. The fourth-order valence-corrected chi connectivity index (χ4v) is 4.69. The molecule has 0 radical (unpaired) electrons. The molecule has 0 aliphatic carbocycles. The van der Waals surface area contributed by atoms with Crippen LogP contribution >= 0.6 is 12.4 Å². The van der Waals surface area contributed by atoms with E-state index in [0.29, 0.717) is 18.0 Å². The molecule has 0 spiro atoms. The molecule has 6 heteroatoms. The van der Waals surface area contributed by atoms with Crippen molar-refractivity contribution in [3.8, 4) is 0 Å². The van der Waals surface area contributed by atoms with E-state index in [2.05, 4.69) is 0 Å². The Hall–Kier alpha value is -1.14. The Morgan fingerprint density at radius 1 is 1.18 bits per heavy atom. The number of hydrogen-bond acceptors (Lipinski definition) is 3. The maximum absolute atomic E-state index is 12.9. The summed E-state index contributed by atoms with van der Waals surface area (Å²) in [5.74, 6) is 0.245. The van der Waals surface area contributed by atoms with Gasteiger partial charge in [-0.25, -0.2) is 8.42 Å². The molecule has 2 atom stereocenters. The maximum atomic E-state index is 12.9. The van der Waals surface area contributed by atoms with E-state index in [-0.39, 0.29) is 24.4 Å². The number of hydrogen-bond donors (Lipinski definition) is 1. The van der Waals surface area contributed by atoms with E-state index in [1.807, 2.05) is 37.3 Å². The summed E-state index contributed by atoms with van der Waals surface area (Å²) in [6.07, 6.45) is 0.835. The summed E-state index contributed by atoms with van der Waals surface area (Å²) in [7, 11) is -3.45. The summed E-state index contributed by atoms with van der Waals surface area (Å²) in [6.45, 7) is 3.01. The van der Waals surface area contributed by atoms with Gasteiger partial charge in [-0.15, -0.1) is 12.4 Å².